The highest BCUT2D eigenvalue weighted by molar-refractivity contribution is 7.11. The predicted octanol–water partition coefficient (Wildman–Crippen LogP) is 1.49. The van der Waals surface area contributed by atoms with Crippen molar-refractivity contribution in [1.82, 2.24) is 10.3 Å². The van der Waals surface area contributed by atoms with Gasteiger partial charge in [0.05, 0.1) is 12.1 Å². The van der Waals surface area contributed by atoms with Crippen LogP contribution in [0, 0.1) is 0 Å². The summed E-state index contributed by atoms with van der Waals surface area (Å²) in [5.74, 6) is 0. The SMILES string of the molecule is CC(O)Cc1cnc(C2CCCN2)s1. The largest absolute Gasteiger partial charge is 0.393 e. The van der Waals surface area contributed by atoms with E-state index in [1.807, 2.05) is 13.1 Å². The van der Waals surface area contributed by atoms with Crippen molar-refractivity contribution < 1.29 is 5.11 Å². The lowest BCUT2D eigenvalue weighted by Crippen LogP contribution is -2.12. The third-order valence-electron chi connectivity index (χ3n) is 2.43. The van der Waals surface area contributed by atoms with Gasteiger partial charge in [-0.3, -0.25) is 0 Å². The van der Waals surface area contributed by atoms with Crippen molar-refractivity contribution in [3.05, 3.63) is 16.1 Å². The van der Waals surface area contributed by atoms with Gasteiger partial charge in [-0.2, -0.15) is 0 Å². The Bertz CT molecular complexity index is 292. The van der Waals surface area contributed by atoms with Crippen molar-refractivity contribution in [2.24, 2.45) is 0 Å². The zero-order chi connectivity index (χ0) is 9.97. The zero-order valence-electron chi connectivity index (χ0n) is 8.36. The fraction of sp³-hybridized carbons (Fsp3) is 0.700. The van der Waals surface area contributed by atoms with Gasteiger partial charge >= 0.3 is 0 Å². The van der Waals surface area contributed by atoms with Crippen LogP contribution in [-0.2, 0) is 6.42 Å². The summed E-state index contributed by atoms with van der Waals surface area (Å²) in [7, 11) is 0. The first-order chi connectivity index (χ1) is 6.75. The first-order valence-electron chi connectivity index (χ1n) is 5.12. The Balaban J connectivity index is 2.01. The quantitative estimate of drug-likeness (QED) is 0.798. The van der Waals surface area contributed by atoms with E-state index in [4.69, 9.17) is 0 Å². The van der Waals surface area contributed by atoms with Crippen molar-refractivity contribution >= 4 is 11.3 Å². The number of aliphatic hydroxyl groups excluding tert-OH is 1. The van der Waals surface area contributed by atoms with Crippen molar-refractivity contribution in [2.45, 2.75) is 38.3 Å². The molecule has 2 N–H and O–H groups in total. The van der Waals surface area contributed by atoms with Crippen LogP contribution in [0.25, 0.3) is 0 Å². The minimum Gasteiger partial charge on any atom is -0.393 e. The van der Waals surface area contributed by atoms with E-state index in [1.54, 1.807) is 11.3 Å². The monoisotopic (exact) mass is 212 g/mol. The van der Waals surface area contributed by atoms with Gasteiger partial charge in [-0.05, 0) is 26.3 Å². The molecule has 2 rings (SSSR count). The van der Waals surface area contributed by atoms with E-state index in [-0.39, 0.29) is 6.10 Å². The van der Waals surface area contributed by atoms with Crippen LogP contribution < -0.4 is 5.32 Å². The third kappa shape index (κ3) is 2.32. The molecule has 0 spiro atoms. The number of hydrogen-bond acceptors (Lipinski definition) is 4. The molecular weight excluding hydrogens is 196 g/mol. The van der Waals surface area contributed by atoms with Crippen molar-refractivity contribution in [3.8, 4) is 0 Å². The first-order valence-corrected chi connectivity index (χ1v) is 5.93. The molecule has 0 amide bonds. The molecule has 0 aliphatic carbocycles. The number of rotatable bonds is 3. The van der Waals surface area contributed by atoms with E-state index in [9.17, 15) is 5.11 Å². The molecule has 1 saturated heterocycles. The van der Waals surface area contributed by atoms with Crippen LogP contribution in [0.3, 0.4) is 0 Å². The molecule has 3 nitrogen and oxygen atoms in total. The standard InChI is InChI=1S/C10H16N2OS/c1-7(13)5-8-6-12-10(14-8)9-3-2-4-11-9/h6-7,9,11,13H,2-5H2,1H3. The Morgan fingerprint density at radius 1 is 1.79 bits per heavy atom. The number of nitrogens with one attached hydrogen (secondary N) is 1. The van der Waals surface area contributed by atoms with Crippen molar-refractivity contribution in [2.75, 3.05) is 6.54 Å². The number of thiazole rings is 1. The molecule has 2 unspecified atom stereocenters. The second-order valence-corrected chi connectivity index (χ2v) is 5.01. The Hall–Kier alpha value is -0.450. The molecule has 1 fully saturated rings. The highest BCUT2D eigenvalue weighted by Gasteiger charge is 2.19. The Morgan fingerprint density at radius 2 is 2.64 bits per heavy atom. The molecule has 1 aromatic heterocycles. The smallest absolute Gasteiger partial charge is 0.110 e. The Kier molecular flexibility index (Phi) is 3.15. The van der Waals surface area contributed by atoms with Crippen LogP contribution in [0.4, 0.5) is 0 Å². The lowest BCUT2D eigenvalue weighted by Gasteiger charge is -2.04. The molecule has 1 aromatic rings. The van der Waals surface area contributed by atoms with Crippen LogP contribution in [0.5, 0.6) is 0 Å². The Labute approximate surface area is 88.2 Å². The molecule has 1 aliphatic rings. The lowest BCUT2D eigenvalue weighted by atomic mass is 10.2. The molecule has 78 valence electrons. The highest BCUT2D eigenvalue weighted by atomic mass is 32.1. The second-order valence-electron chi connectivity index (χ2n) is 3.87. The Morgan fingerprint density at radius 3 is 3.29 bits per heavy atom. The topological polar surface area (TPSA) is 45.2 Å². The highest BCUT2D eigenvalue weighted by Crippen LogP contribution is 2.27. The molecule has 0 saturated carbocycles. The molecule has 14 heavy (non-hydrogen) atoms. The average Bonchev–Trinajstić information content (AvgIpc) is 2.69. The molecule has 1 aliphatic heterocycles. The number of aromatic nitrogens is 1. The molecular formula is C10H16N2OS. The summed E-state index contributed by atoms with van der Waals surface area (Å²) >= 11 is 1.72. The van der Waals surface area contributed by atoms with E-state index in [2.05, 4.69) is 10.3 Å². The van der Waals surface area contributed by atoms with E-state index in [1.165, 1.54) is 22.7 Å². The van der Waals surface area contributed by atoms with Gasteiger partial charge < -0.3 is 10.4 Å². The van der Waals surface area contributed by atoms with Crippen LogP contribution in [-0.4, -0.2) is 22.7 Å². The van der Waals surface area contributed by atoms with E-state index >= 15 is 0 Å². The van der Waals surface area contributed by atoms with Crippen LogP contribution in [0.1, 0.15) is 35.7 Å². The minimum atomic E-state index is -0.264. The summed E-state index contributed by atoms with van der Waals surface area (Å²) < 4.78 is 0. The maximum atomic E-state index is 9.24. The number of nitrogens with zero attached hydrogens (tertiary/aromatic N) is 1. The van der Waals surface area contributed by atoms with Crippen LogP contribution in [0.15, 0.2) is 6.20 Å². The van der Waals surface area contributed by atoms with Crippen LogP contribution >= 0.6 is 11.3 Å². The zero-order valence-corrected chi connectivity index (χ0v) is 9.18. The number of aliphatic hydroxyl groups is 1. The maximum Gasteiger partial charge on any atom is 0.110 e. The number of hydrogen-bond donors (Lipinski definition) is 2. The molecule has 0 radical (unpaired) electrons. The van der Waals surface area contributed by atoms with Gasteiger partial charge in [-0.25, -0.2) is 4.98 Å². The second kappa shape index (κ2) is 4.38. The van der Waals surface area contributed by atoms with Crippen molar-refractivity contribution in [3.63, 3.8) is 0 Å². The van der Waals surface area contributed by atoms with Crippen molar-refractivity contribution in [1.29, 1.82) is 0 Å². The third-order valence-corrected chi connectivity index (χ3v) is 3.56. The maximum absolute atomic E-state index is 9.24. The minimum absolute atomic E-state index is 0.264. The van der Waals surface area contributed by atoms with Gasteiger partial charge in [0.2, 0.25) is 0 Å². The first kappa shape index (κ1) is 10.1. The summed E-state index contributed by atoms with van der Waals surface area (Å²) in [4.78, 5) is 5.58. The van der Waals surface area contributed by atoms with Gasteiger partial charge in [0.1, 0.15) is 5.01 Å². The summed E-state index contributed by atoms with van der Waals surface area (Å²) in [6.45, 7) is 2.92. The summed E-state index contributed by atoms with van der Waals surface area (Å²) in [5, 5.41) is 13.8. The molecule has 4 heteroatoms. The predicted molar refractivity (Wildman–Crippen MR) is 57.5 cm³/mol. The average molecular weight is 212 g/mol. The molecule has 0 bridgehead atoms. The normalized spacial score (nSPS) is 24.0. The van der Waals surface area contributed by atoms with E-state index in [0.717, 1.165) is 13.0 Å². The van der Waals surface area contributed by atoms with Gasteiger partial charge in [0.25, 0.3) is 0 Å². The van der Waals surface area contributed by atoms with Gasteiger partial charge in [0.15, 0.2) is 0 Å². The van der Waals surface area contributed by atoms with Gasteiger partial charge in [-0.15, -0.1) is 11.3 Å². The van der Waals surface area contributed by atoms with E-state index < -0.39 is 0 Å². The summed E-state index contributed by atoms with van der Waals surface area (Å²) in [6, 6.07) is 0.461. The van der Waals surface area contributed by atoms with Gasteiger partial charge in [0, 0.05) is 17.5 Å². The summed E-state index contributed by atoms with van der Waals surface area (Å²) in [5.41, 5.74) is 0. The fourth-order valence-corrected chi connectivity index (χ4v) is 2.91. The summed E-state index contributed by atoms with van der Waals surface area (Å²) in [6.07, 6.45) is 4.80. The molecule has 2 atom stereocenters. The van der Waals surface area contributed by atoms with Gasteiger partial charge in [-0.1, -0.05) is 0 Å². The van der Waals surface area contributed by atoms with Crippen LogP contribution in [0.2, 0.25) is 0 Å². The molecule has 0 aromatic carbocycles. The fourth-order valence-electron chi connectivity index (χ4n) is 1.76. The van der Waals surface area contributed by atoms with E-state index in [0.29, 0.717) is 6.04 Å². The molecule has 2 heterocycles. The lowest BCUT2D eigenvalue weighted by molar-refractivity contribution is 0.196.